The molecule has 2 aromatic carbocycles. The summed E-state index contributed by atoms with van der Waals surface area (Å²) in [6.45, 7) is 0.794. The molecule has 2 aromatic rings. The third-order valence-corrected chi connectivity index (χ3v) is 3.54. The molecule has 0 spiro atoms. The number of ether oxygens (including phenoxy) is 1. The maximum Gasteiger partial charge on any atom is 0.414 e. The van der Waals surface area contributed by atoms with Crippen molar-refractivity contribution in [2.24, 2.45) is 0 Å². The molecule has 3 rings (SSSR count). The number of nitriles is 1. The van der Waals surface area contributed by atoms with Crippen LogP contribution in [0.3, 0.4) is 0 Å². The quantitative estimate of drug-likeness (QED) is 0.847. The predicted octanol–water partition coefficient (Wildman–Crippen LogP) is 3.26. The lowest BCUT2D eigenvalue weighted by molar-refractivity contribution is 0.147. The highest BCUT2D eigenvalue weighted by Crippen LogP contribution is 2.31. The number of anilines is 1. The van der Waals surface area contributed by atoms with E-state index in [1.807, 2.05) is 42.5 Å². The van der Waals surface area contributed by atoms with E-state index in [1.54, 1.807) is 11.0 Å². The number of benzene rings is 2. The van der Waals surface area contributed by atoms with Gasteiger partial charge in [0.15, 0.2) is 0 Å². The second kappa shape index (κ2) is 5.68. The van der Waals surface area contributed by atoms with Gasteiger partial charge in [0, 0.05) is 6.54 Å². The van der Waals surface area contributed by atoms with Crippen LogP contribution in [0.25, 0.3) is 0 Å². The first-order valence-corrected chi connectivity index (χ1v) is 6.80. The molecular formula is C17H14N2O2. The zero-order valence-electron chi connectivity index (χ0n) is 11.5. The standard InChI is InChI=1S/C17H14N2O2/c18-11-15-8-4-7-14-9-10-19(16(14)15)17(20)21-12-13-5-2-1-3-6-13/h1-8H,9-10,12H2. The summed E-state index contributed by atoms with van der Waals surface area (Å²) < 4.78 is 5.35. The molecule has 1 aliphatic heterocycles. The molecular weight excluding hydrogens is 264 g/mol. The molecule has 0 bridgehead atoms. The minimum atomic E-state index is -0.402. The number of amides is 1. The maximum absolute atomic E-state index is 12.2. The van der Waals surface area contributed by atoms with E-state index >= 15 is 0 Å². The second-order valence-corrected chi connectivity index (χ2v) is 4.87. The highest BCUT2D eigenvalue weighted by molar-refractivity contribution is 5.92. The normalized spacial score (nSPS) is 12.6. The van der Waals surface area contributed by atoms with Gasteiger partial charge in [-0.1, -0.05) is 42.5 Å². The fourth-order valence-corrected chi connectivity index (χ4v) is 2.53. The molecule has 0 saturated heterocycles. The summed E-state index contributed by atoms with van der Waals surface area (Å²) in [6.07, 6.45) is 0.353. The van der Waals surface area contributed by atoms with E-state index in [1.165, 1.54) is 0 Å². The number of nitrogens with zero attached hydrogens (tertiary/aromatic N) is 2. The van der Waals surface area contributed by atoms with Gasteiger partial charge in [-0.05, 0) is 23.6 Å². The Kier molecular flexibility index (Phi) is 3.57. The average Bonchev–Trinajstić information content (AvgIpc) is 2.97. The van der Waals surface area contributed by atoms with Crippen LogP contribution in [0.15, 0.2) is 48.5 Å². The van der Waals surface area contributed by atoms with E-state index in [0.29, 0.717) is 17.8 Å². The van der Waals surface area contributed by atoms with Gasteiger partial charge in [0.2, 0.25) is 0 Å². The molecule has 1 amide bonds. The third kappa shape index (κ3) is 2.59. The molecule has 0 atom stereocenters. The molecule has 21 heavy (non-hydrogen) atoms. The lowest BCUT2D eigenvalue weighted by Crippen LogP contribution is -2.30. The van der Waals surface area contributed by atoms with Crippen LogP contribution >= 0.6 is 0 Å². The molecule has 0 fully saturated rings. The fourth-order valence-electron chi connectivity index (χ4n) is 2.53. The summed E-state index contributed by atoms with van der Waals surface area (Å²) in [6, 6.07) is 17.2. The Bertz CT molecular complexity index is 704. The van der Waals surface area contributed by atoms with Crippen molar-refractivity contribution in [1.29, 1.82) is 5.26 Å². The molecule has 1 aliphatic rings. The van der Waals surface area contributed by atoms with Crippen molar-refractivity contribution in [3.8, 4) is 6.07 Å². The number of fused-ring (bicyclic) bond motifs is 1. The van der Waals surface area contributed by atoms with Crippen LogP contribution < -0.4 is 4.90 Å². The predicted molar refractivity (Wildman–Crippen MR) is 78.8 cm³/mol. The van der Waals surface area contributed by atoms with Gasteiger partial charge in [0.05, 0.1) is 11.3 Å². The Morgan fingerprint density at radius 1 is 1.19 bits per heavy atom. The molecule has 104 valence electrons. The zero-order chi connectivity index (χ0) is 14.7. The van der Waals surface area contributed by atoms with Crippen LogP contribution in [0, 0.1) is 11.3 Å². The molecule has 4 nitrogen and oxygen atoms in total. The minimum absolute atomic E-state index is 0.236. The summed E-state index contributed by atoms with van der Waals surface area (Å²) >= 11 is 0. The number of hydrogen-bond donors (Lipinski definition) is 0. The summed E-state index contributed by atoms with van der Waals surface area (Å²) in [5.41, 5.74) is 3.17. The molecule has 0 saturated carbocycles. The molecule has 0 N–H and O–H groups in total. The van der Waals surface area contributed by atoms with Crippen molar-refractivity contribution in [2.45, 2.75) is 13.0 Å². The smallest absolute Gasteiger partial charge is 0.414 e. The monoisotopic (exact) mass is 278 g/mol. The lowest BCUT2D eigenvalue weighted by atomic mass is 10.1. The zero-order valence-corrected chi connectivity index (χ0v) is 11.5. The van der Waals surface area contributed by atoms with Gasteiger partial charge in [-0.15, -0.1) is 0 Å². The van der Waals surface area contributed by atoms with Crippen molar-refractivity contribution >= 4 is 11.8 Å². The Labute approximate surface area is 123 Å². The number of hydrogen-bond acceptors (Lipinski definition) is 3. The van der Waals surface area contributed by atoms with Gasteiger partial charge >= 0.3 is 6.09 Å². The maximum atomic E-state index is 12.2. The molecule has 4 heteroatoms. The number of rotatable bonds is 2. The molecule has 0 unspecified atom stereocenters. The Balaban J connectivity index is 1.75. The summed E-state index contributed by atoms with van der Waals surface area (Å²) in [7, 11) is 0. The van der Waals surface area contributed by atoms with Crippen LogP contribution in [0.2, 0.25) is 0 Å². The first kappa shape index (κ1) is 13.2. The largest absolute Gasteiger partial charge is 0.444 e. The summed E-state index contributed by atoms with van der Waals surface area (Å²) in [4.78, 5) is 13.8. The average molecular weight is 278 g/mol. The minimum Gasteiger partial charge on any atom is -0.444 e. The van der Waals surface area contributed by atoms with E-state index < -0.39 is 6.09 Å². The second-order valence-electron chi connectivity index (χ2n) is 4.87. The summed E-state index contributed by atoms with van der Waals surface area (Å²) in [5, 5.41) is 9.18. The number of carbonyl (C=O) groups excluding carboxylic acids is 1. The van der Waals surface area contributed by atoms with Gasteiger partial charge in [-0.25, -0.2) is 4.79 Å². The molecule has 1 heterocycles. The molecule has 0 radical (unpaired) electrons. The van der Waals surface area contributed by atoms with Crippen LogP contribution in [0.1, 0.15) is 16.7 Å². The van der Waals surface area contributed by atoms with Gasteiger partial charge < -0.3 is 4.74 Å². The highest BCUT2D eigenvalue weighted by Gasteiger charge is 2.28. The van der Waals surface area contributed by atoms with Crippen molar-refractivity contribution in [1.82, 2.24) is 0 Å². The Morgan fingerprint density at radius 2 is 2.00 bits per heavy atom. The van der Waals surface area contributed by atoms with Crippen molar-refractivity contribution in [2.75, 3.05) is 11.4 Å². The van der Waals surface area contributed by atoms with Crippen LogP contribution in [0.5, 0.6) is 0 Å². The van der Waals surface area contributed by atoms with E-state index in [0.717, 1.165) is 17.5 Å². The van der Waals surface area contributed by atoms with E-state index in [2.05, 4.69) is 6.07 Å². The van der Waals surface area contributed by atoms with Crippen molar-refractivity contribution in [3.63, 3.8) is 0 Å². The van der Waals surface area contributed by atoms with Crippen LogP contribution in [-0.4, -0.2) is 12.6 Å². The highest BCUT2D eigenvalue weighted by atomic mass is 16.6. The molecule has 0 aliphatic carbocycles. The Hall–Kier alpha value is -2.80. The fraction of sp³-hybridized carbons (Fsp3) is 0.176. The van der Waals surface area contributed by atoms with Crippen molar-refractivity contribution in [3.05, 3.63) is 65.2 Å². The van der Waals surface area contributed by atoms with Gasteiger partial charge in [0.1, 0.15) is 12.7 Å². The number of carbonyl (C=O) groups is 1. The topological polar surface area (TPSA) is 53.3 Å². The van der Waals surface area contributed by atoms with Crippen molar-refractivity contribution < 1.29 is 9.53 Å². The van der Waals surface area contributed by atoms with E-state index in [9.17, 15) is 10.1 Å². The van der Waals surface area contributed by atoms with Crippen LogP contribution in [0.4, 0.5) is 10.5 Å². The van der Waals surface area contributed by atoms with Crippen LogP contribution in [-0.2, 0) is 17.8 Å². The first-order chi connectivity index (χ1) is 10.3. The number of para-hydroxylation sites is 1. The lowest BCUT2D eigenvalue weighted by Gasteiger charge is -2.18. The van der Waals surface area contributed by atoms with Gasteiger partial charge in [-0.2, -0.15) is 5.26 Å². The van der Waals surface area contributed by atoms with E-state index in [-0.39, 0.29) is 6.61 Å². The third-order valence-electron chi connectivity index (χ3n) is 3.54. The van der Waals surface area contributed by atoms with Gasteiger partial charge in [0.25, 0.3) is 0 Å². The molecule has 0 aromatic heterocycles. The van der Waals surface area contributed by atoms with E-state index in [4.69, 9.17) is 4.74 Å². The van der Waals surface area contributed by atoms with Gasteiger partial charge in [-0.3, -0.25) is 4.90 Å². The SMILES string of the molecule is N#Cc1cccc2c1N(C(=O)OCc1ccccc1)CC2. The first-order valence-electron chi connectivity index (χ1n) is 6.80. The summed E-state index contributed by atoms with van der Waals surface area (Å²) in [5.74, 6) is 0. The Morgan fingerprint density at radius 3 is 2.76 bits per heavy atom.